The van der Waals surface area contributed by atoms with Crippen LogP contribution in [-0.4, -0.2) is 5.71 Å². The highest BCUT2D eigenvalue weighted by Gasteiger charge is 1.98. The summed E-state index contributed by atoms with van der Waals surface area (Å²) < 4.78 is 5.97. The van der Waals surface area contributed by atoms with E-state index < -0.39 is 0 Å². The standard InChI is InChI=1S/C12H13BrN2O/c1-9(13)6-7-10(2)14-15-11(3)12-5-4-8-16-12/h4-8,14H,1-2H2,3H3/b7-6-,15-11+. The van der Waals surface area contributed by atoms with Crippen molar-refractivity contribution in [3.63, 3.8) is 0 Å². The molecule has 0 aliphatic rings. The van der Waals surface area contributed by atoms with E-state index in [1.807, 2.05) is 19.1 Å². The smallest absolute Gasteiger partial charge is 0.149 e. The molecule has 0 aromatic carbocycles. The Morgan fingerprint density at radius 3 is 2.81 bits per heavy atom. The Morgan fingerprint density at radius 2 is 2.25 bits per heavy atom. The quantitative estimate of drug-likeness (QED) is 0.509. The van der Waals surface area contributed by atoms with Crippen LogP contribution in [0.3, 0.4) is 0 Å². The Morgan fingerprint density at radius 1 is 1.50 bits per heavy atom. The Labute approximate surface area is 103 Å². The minimum absolute atomic E-state index is 0.673. The summed E-state index contributed by atoms with van der Waals surface area (Å²) in [4.78, 5) is 0. The van der Waals surface area contributed by atoms with E-state index in [0.29, 0.717) is 5.70 Å². The van der Waals surface area contributed by atoms with E-state index in [9.17, 15) is 0 Å². The van der Waals surface area contributed by atoms with Gasteiger partial charge in [0, 0.05) is 10.2 Å². The van der Waals surface area contributed by atoms with Crippen LogP contribution in [0.4, 0.5) is 0 Å². The highest BCUT2D eigenvalue weighted by molar-refractivity contribution is 9.11. The molecule has 1 heterocycles. The van der Waals surface area contributed by atoms with Crippen LogP contribution in [0, 0.1) is 0 Å². The number of rotatable bonds is 5. The van der Waals surface area contributed by atoms with Crippen molar-refractivity contribution in [1.29, 1.82) is 0 Å². The van der Waals surface area contributed by atoms with Gasteiger partial charge in [-0.15, -0.1) is 0 Å². The zero-order chi connectivity index (χ0) is 12.0. The van der Waals surface area contributed by atoms with Gasteiger partial charge in [-0.1, -0.05) is 29.1 Å². The van der Waals surface area contributed by atoms with Crippen LogP contribution in [0.1, 0.15) is 12.7 Å². The summed E-state index contributed by atoms with van der Waals surface area (Å²) in [6, 6.07) is 3.66. The first-order chi connectivity index (χ1) is 7.59. The predicted molar refractivity (Wildman–Crippen MR) is 70.4 cm³/mol. The second kappa shape index (κ2) is 6.12. The lowest BCUT2D eigenvalue weighted by Crippen LogP contribution is -2.06. The number of nitrogens with one attached hydrogen (secondary N) is 1. The van der Waals surface area contributed by atoms with Crippen molar-refractivity contribution in [2.45, 2.75) is 6.92 Å². The largest absolute Gasteiger partial charge is 0.463 e. The van der Waals surface area contributed by atoms with Gasteiger partial charge in [-0.25, -0.2) is 0 Å². The highest BCUT2D eigenvalue weighted by Crippen LogP contribution is 2.04. The van der Waals surface area contributed by atoms with E-state index >= 15 is 0 Å². The fraction of sp³-hybridized carbons (Fsp3) is 0.0833. The van der Waals surface area contributed by atoms with E-state index in [4.69, 9.17) is 4.42 Å². The molecule has 16 heavy (non-hydrogen) atoms. The third-order valence-electron chi connectivity index (χ3n) is 1.71. The van der Waals surface area contributed by atoms with Crippen molar-refractivity contribution < 1.29 is 4.42 Å². The van der Waals surface area contributed by atoms with E-state index in [-0.39, 0.29) is 0 Å². The average Bonchev–Trinajstić information content (AvgIpc) is 2.76. The molecule has 0 atom stereocenters. The molecule has 1 N–H and O–H groups in total. The maximum absolute atomic E-state index is 5.19. The number of allylic oxidation sites excluding steroid dienone is 3. The monoisotopic (exact) mass is 280 g/mol. The molecular weight excluding hydrogens is 268 g/mol. The number of hydrogen-bond acceptors (Lipinski definition) is 3. The molecule has 0 amide bonds. The maximum atomic E-state index is 5.19. The van der Waals surface area contributed by atoms with Crippen LogP contribution in [0.25, 0.3) is 0 Å². The molecule has 0 saturated carbocycles. The summed E-state index contributed by atoms with van der Waals surface area (Å²) in [6.45, 7) is 9.31. The SMILES string of the molecule is C=C(Br)/C=C\C(=C)N/N=C(\C)c1ccco1. The Hall–Kier alpha value is -1.55. The zero-order valence-electron chi connectivity index (χ0n) is 9.03. The molecule has 0 bridgehead atoms. The van der Waals surface area contributed by atoms with Crippen LogP contribution in [0.15, 0.2) is 63.4 Å². The van der Waals surface area contributed by atoms with Crippen LogP contribution in [0.2, 0.25) is 0 Å². The van der Waals surface area contributed by atoms with Gasteiger partial charge in [0.25, 0.3) is 0 Å². The van der Waals surface area contributed by atoms with Gasteiger partial charge >= 0.3 is 0 Å². The van der Waals surface area contributed by atoms with E-state index in [1.54, 1.807) is 18.4 Å². The van der Waals surface area contributed by atoms with Crippen molar-refractivity contribution in [2.24, 2.45) is 5.10 Å². The summed E-state index contributed by atoms with van der Waals surface area (Å²) in [7, 11) is 0. The van der Waals surface area contributed by atoms with Gasteiger partial charge in [0.1, 0.15) is 11.5 Å². The first-order valence-electron chi connectivity index (χ1n) is 4.65. The van der Waals surface area contributed by atoms with E-state index in [0.717, 1.165) is 16.0 Å². The lowest BCUT2D eigenvalue weighted by Gasteiger charge is -2.00. The second-order valence-electron chi connectivity index (χ2n) is 3.09. The number of halogens is 1. The summed E-state index contributed by atoms with van der Waals surface area (Å²) >= 11 is 3.21. The molecule has 0 aliphatic carbocycles. The lowest BCUT2D eigenvalue weighted by molar-refractivity contribution is 0.556. The summed E-state index contributed by atoms with van der Waals surface area (Å²) in [6.07, 6.45) is 5.17. The Kier molecular flexibility index (Phi) is 4.79. The van der Waals surface area contributed by atoms with Gasteiger partial charge in [0.05, 0.1) is 6.26 Å². The second-order valence-corrected chi connectivity index (χ2v) is 4.11. The minimum Gasteiger partial charge on any atom is -0.463 e. The molecule has 0 fully saturated rings. The molecule has 0 unspecified atom stereocenters. The Bertz CT molecular complexity index is 430. The molecule has 84 valence electrons. The van der Waals surface area contributed by atoms with Gasteiger partial charge in [0.2, 0.25) is 0 Å². The maximum Gasteiger partial charge on any atom is 0.149 e. The van der Waals surface area contributed by atoms with Crippen molar-refractivity contribution >= 4 is 21.6 Å². The van der Waals surface area contributed by atoms with Gasteiger partial charge in [-0.05, 0) is 31.2 Å². The van der Waals surface area contributed by atoms with Crippen LogP contribution in [-0.2, 0) is 0 Å². The Balaban J connectivity index is 2.53. The normalized spacial score (nSPS) is 11.8. The number of hydrogen-bond donors (Lipinski definition) is 1. The molecule has 4 heteroatoms. The third-order valence-corrected chi connectivity index (χ3v) is 1.97. The molecule has 1 aromatic rings. The van der Waals surface area contributed by atoms with E-state index in [1.165, 1.54) is 0 Å². The van der Waals surface area contributed by atoms with Gasteiger partial charge < -0.3 is 4.42 Å². The summed E-state index contributed by atoms with van der Waals surface area (Å²) in [5, 5.41) is 4.12. The number of furan rings is 1. The van der Waals surface area contributed by atoms with Crippen molar-refractivity contribution in [3.05, 3.63) is 59.6 Å². The highest BCUT2D eigenvalue weighted by atomic mass is 79.9. The molecular formula is C12H13BrN2O. The molecule has 0 spiro atoms. The van der Waals surface area contributed by atoms with Crippen LogP contribution in [0.5, 0.6) is 0 Å². The summed E-state index contributed by atoms with van der Waals surface area (Å²) in [5.74, 6) is 0.731. The number of nitrogens with zero attached hydrogens (tertiary/aromatic N) is 1. The molecule has 1 rings (SSSR count). The van der Waals surface area contributed by atoms with Crippen molar-refractivity contribution in [2.75, 3.05) is 0 Å². The van der Waals surface area contributed by atoms with Gasteiger partial charge in [0.15, 0.2) is 0 Å². The van der Waals surface area contributed by atoms with Crippen LogP contribution < -0.4 is 5.43 Å². The molecule has 0 saturated heterocycles. The zero-order valence-corrected chi connectivity index (χ0v) is 10.6. The van der Waals surface area contributed by atoms with Crippen LogP contribution >= 0.6 is 15.9 Å². The van der Waals surface area contributed by atoms with Crippen molar-refractivity contribution in [1.82, 2.24) is 5.43 Å². The molecule has 0 aliphatic heterocycles. The number of hydrazone groups is 1. The first-order valence-corrected chi connectivity index (χ1v) is 5.44. The van der Waals surface area contributed by atoms with Gasteiger partial charge in [-0.3, -0.25) is 5.43 Å². The molecule has 3 nitrogen and oxygen atoms in total. The summed E-state index contributed by atoms with van der Waals surface area (Å²) in [5.41, 5.74) is 4.24. The van der Waals surface area contributed by atoms with Crippen molar-refractivity contribution in [3.8, 4) is 0 Å². The first kappa shape index (κ1) is 12.5. The van der Waals surface area contributed by atoms with Gasteiger partial charge in [-0.2, -0.15) is 5.10 Å². The fourth-order valence-corrected chi connectivity index (χ4v) is 1.06. The molecule has 0 radical (unpaired) electrons. The topological polar surface area (TPSA) is 37.5 Å². The minimum atomic E-state index is 0.673. The lowest BCUT2D eigenvalue weighted by atomic mass is 10.3. The predicted octanol–water partition coefficient (Wildman–Crippen LogP) is 3.57. The third kappa shape index (κ3) is 4.31. The average molecular weight is 281 g/mol. The molecule has 1 aromatic heterocycles. The fourth-order valence-electron chi connectivity index (χ4n) is 0.923. The van der Waals surface area contributed by atoms with E-state index in [2.05, 4.69) is 39.6 Å².